The molecule has 1 spiro atoms. The van der Waals surface area contributed by atoms with Crippen LogP contribution in [-0.2, 0) is 0 Å². The summed E-state index contributed by atoms with van der Waals surface area (Å²) in [7, 11) is 2.13. The average Bonchev–Trinajstić information content (AvgIpc) is 2.26. The van der Waals surface area contributed by atoms with Crippen LogP contribution in [0.4, 0.5) is 0 Å². The number of likely N-dealkylation sites (tertiary alicyclic amines) is 2. The van der Waals surface area contributed by atoms with Gasteiger partial charge in [-0.15, -0.1) is 0 Å². The van der Waals surface area contributed by atoms with E-state index in [1.165, 1.54) is 6.42 Å². The minimum atomic E-state index is 0.0616. The van der Waals surface area contributed by atoms with Gasteiger partial charge < -0.3 is 4.90 Å². The van der Waals surface area contributed by atoms with Crippen molar-refractivity contribution < 1.29 is 4.79 Å². The first-order chi connectivity index (χ1) is 7.71. The lowest BCUT2D eigenvalue weighted by Gasteiger charge is -2.61. The smallest absolute Gasteiger partial charge is 0.272 e. The summed E-state index contributed by atoms with van der Waals surface area (Å²) in [6.07, 6.45) is 2.88. The van der Waals surface area contributed by atoms with Gasteiger partial charge in [0.15, 0.2) is 0 Å². The molecule has 2 fully saturated rings. The molecule has 0 radical (unpaired) electrons. The predicted molar refractivity (Wildman–Crippen MR) is 60.1 cm³/mol. The molecule has 16 heavy (non-hydrogen) atoms. The summed E-state index contributed by atoms with van der Waals surface area (Å²) >= 11 is 0. The molecule has 0 N–H and O–H groups in total. The van der Waals surface area contributed by atoms with Crippen molar-refractivity contribution in [2.75, 3.05) is 26.7 Å². The molecule has 4 nitrogen and oxygen atoms in total. The number of nitrogens with zero attached hydrogens (tertiary/aromatic N) is 3. The Labute approximate surface area is 94.9 Å². The van der Waals surface area contributed by atoms with Crippen molar-refractivity contribution in [3.05, 3.63) is 30.1 Å². The van der Waals surface area contributed by atoms with E-state index in [1.807, 2.05) is 17.0 Å². The maximum absolute atomic E-state index is 12.0. The molecular formula is C12H15N3O. The van der Waals surface area contributed by atoms with Crippen LogP contribution in [-0.4, -0.2) is 52.9 Å². The third-order valence-electron chi connectivity index (χ3n) is 3.86. The van der Waals surface area contributed by atoms with E-state index in [0.717, 1.165) is 19.6 Å². The van der Waals surface area contributed by atoms with Crippen LogP contribution in [0.1, 0.15) is 16.9 Å². The highest BCUT2D eigenvalue weighted by atomic mass is 16.2. The number of carbonyl (C=O) groups excluding carboxylic acids is 1. The summed E-state index contributed by atoms with van der Waals surface area (Å²) in [6, 6.07) is 5.46. The van der Waals surface area contributed by atoms with Gasteiger partial charge in [-0.2, -0.15) is 0 Å². The van der Waals surface area contributed by atoms with Gasteiger partial charge in [-0.25, -0.2) is 0 Å². The standard InChI is InChI=1S/C12H15N3O/c1-14-7-5-12(14)8-15(9-12)11(16)10-4-2-3-6-13-10/h2-4,6H,5,7-9H2,1H3. The quantitative estimate of drug-likeness (QED) is 0.691. The fourth-order valence-corrected chi connectivity index (χ4v) is 2.51. The number of pyridine rings is 1. The van der Waals surface area contributed by atoms with E-state index < -0.39 is 0 Å². The molecule has 1 aromatic heterocycles. The molecule has 1 aromatic rings. The molecular weight excluding hydrogens is 202 g/mol. The summed E-state index contributed by atoms with van der Waals surface area (Å²) < 4.78 is 0. The van der Waals surface area contributed by atoms with Crippen molar-refractivity contribution >= 4 is 5.91 Å². The summed E-state index contributed by atoms with van der Waals surface area (Å²) in [5.74, 6) is 0.0616. The maximum Gasteiger partial charge on any atom is 0.272 e. The van der Waals surface area contributed by atoms with Crippen molar-refractivity contribution in [2.24, 2.45) is 0 Å². The fourth-order valence-electron chi connectivity index (χ4n) is 2.51. The number of hydrogen-bond donors (Lipinski definition) is 0. The van der Waals surface area contributed by atoms with Crippen LogP contribution < -0.4 is 0 Å². The second-order valence-electron chi connectivity index (χ2n) is 4.77. The zero-order valence-corrected chi connectivity index (χ0v) is 9.39. The number of carbonyl (C=O) groups is 1. The maximum atomic E-state index is 12.0. The van der Waals surface area contributed by atoms with Crippen molar-refractivity contribution in [3.8, 4) is 0 Å². The van der Waals surface area contributed by atoms with E-state index in [-0.39, 0.29) is 5.91 Å². The van der Waals surface area contributed by atoms with Gasteiger partial charge in [-0.3, -0.25) is 14.7 Å². The Morgan fingerprint density at radius 2 is 2.25 bits per heavy atom. The van der Waals surface area contributed by atoms with Gasteiger partial charge in [-0.05, 0) is 25.6 Å². The van der Waals surface area contributed by atoms with Crippen LogP contribution in [0.15, 0.2) is 24.4 Å². The first-order valence-corrected chi connectivity index (χ1v) is 5.63. The SMILES string of the molecule is CN1CCC12CN(C(=O)c1ccccn1)C2. The summed E-state index contributed by atoms with van der Waals surface area (Å²) in [5, 5.41) is 0. The number of hydrogen-bond acceptors (Lipinski definition) is 3. The number of amides is 1. The van der Waals surface area contributed by atoms with Crippen molar-refractivity contribution in [1.82, 2.24) is 14.8 Å². The highest BCUT2D eigenvalue weighted by Crippen LogP contribution is 2.37. The van der Waals surface area contributed by atoms with Crippen LogP contribution in [0, 0.1) is 0 Å². The highest BCUT2D eigenvalue weighted by Gasteiger charge is 2.53. The zero-order chi connectivity index (χ0) is 11.2. The first kappa shape index (κ1) is 9.78. The molecule has 0 bridgehead atoms. The summed E-state index contributed by atoms with van der Waals surface area (Å²) in [4.78, 5) is 20.3. The Morgan fingerprint density at radius 1 is 1.44 bits per heavy atom. The minimum absolute atomic E-state index is 0.0616. The molecule has 0 aromatic carbocycles. The Hall–Kier alpha value is -1.42. The van der Waals surface area contributed by atoms with Crippen LogP contribution >= 0.6 is 0 Å². The molecule has 1 amide bonds. The van der Waals surface area contributed by atoms with Crippen molar-refractivity contribution in [1.29, 1.82) is 0 Å². The van der Waals surface area contributed by atoms with Crippen LogP contribution in [0.25, 0.3) is 0 Å². The number of likely N-dealkylation sites (N-methyl/N-ethyl adjacent to an activating group) is 1. The molecule has 2 saturated heterocycles. The second kappa shape index (κ2) is 3.28. The zero-order valence-electron chi connectivity index (χ0n) is 9.39. The lowest BCUT2D eigenvalue weighted by atomic mass is 9.78. The predicted octanol–water partition coefficient (Wildman–Crippen LogP) is 0.612. The highest BCUT2D eigenvalue weighted by molar-refractivity contribution is 5.93. The Balaban J connectivity index is 1.67. The van der Waals surface area contributed by atoms with E-state index in [0.29, 0.717) is 11.2 Å². The van der Waals surface area contributed by atoms with E-state index in [9.17, 15) is 4.79 Å². The van der Waals surface area contributed by atoms with Gasteiger partial charge in [0.25, 0.3) is 5.91 Å². The monoisotopic (exact) mass is 217 g/mol. The van der Waals surface area contributed by atoms with Gasteiger partial charge in [0, 0.05) is 25.8 Å². The Bertz CT molecular complexity index is 412. The van der Waals surface area contributed by atoms with Crippen LogP contribution in [0.2, 0.25) is 0 Å². The number of rotatable bonds is 1. The normalized spacial score (nSPS) is 22.7. The van der Waals surface area contributed by atoms with Gasteiger partial charge in [0.1, 0.15) is 5.69 Å². The third kappa shape index (κ3) is 1.26. The van der Waals surface area contributed by atoms with Gasteiger partial charge >= 0.3 is 0 Å². The van der Waals surface area contributed by atoms with Crippen LogP contribution in [0.5, 0.6) is 0 Å². The lowest BCUT2D eigenvalue weighted by Crippen LogP contribution is -2.76. The molecule has 84 valence electrons. The Kier molecular flexibility index (Phi) is 2.01. The van der Waals surface area contributed by atoms with Gasteiger partial charge in [0.2, 0.25) is 0 Å². The molecule has 4 heteroatoms. The molecule has 0 aliphatic carbocycles. The van der Waals surface area contributed by atoms with Gasteiger partial charge in [0.05, 0.1) is 5.54 Å². The van der Waals surface area contributed by atoms with E-state index in [1.54, 1.807) is 12.3 Å². The number of aromatic nitrogens is 1. The van der Waals surface area contributed by atoms with Crippen LogP contribution in [0.3, 0.4) is 0 Å². The molecule has 2 aliphatic rings. The summed E-state index contributed by atoms with van der Waals surface area (Å²) in [6.45, 7) is 2.88. The fraction of sp³-hybridized carbons (Fsp3) is 0.500. The second-order valence-corrected chi connectivity index (χ2v) is 4.77. The van der Waals surface area contributed by atoms with E-state index >= 15 is 0 Å². The third-order valence-corrected chi connectivity index (χ3v) is 3.86. The van der Waals surface area contributed by atoms with Gasteiger partial charge in [-0.1, -0.05) is 6.07 Å². The molecule has 0 saturated carbocycles. The van der Waals surface area contributed by atoms with Crippen molar-refractivity contribution in [2.45, 2.75) is 12.0 Å². The van der Waals surface area contributed by atoms with E-state index in [4.69, 9.17) is 0 Å². The average molecular weight is 217 g/mol. The lowest BCUT2D eigenvalue weighted by molar-refractivity contribution is -0.0923. The molecule has 2 aliphatic heterocycles. The molecule has 3 heterocycles. The molecule has 0 unspecified atom stereocenters. The summed E-state index contributed by atoms with van der Waals surface area (Å²) in [5.41, 5.74) is 0.851. The first-order valence-electron chi connectivity index (χ1n) is 5.63. The van der Waals surface area contributed by atoms with Crippen molar-refractivity contribution in [3.63, 3.8) is 0 Å². The Morgan fingerprint density at radius 3 is 2.75 bits per heavy atom. The minimum Gasteiger partial charge on any atom is -0.333 e. The molecule has 3 rings (SSSR count). The molecule has 0 atom stereocenters. The topological polar surface area (TPSA) is 36.4 Å². The van der Waals surface area contributed by atoms with E-state index in [2.05, 4.69) is 16.9 Å². The largest absolute Gasteiger partial charge is 0.333 e.